The van der Waals surface area contributed by atoms with Crippen LogP contribution in [0.4, 0.5) is 11.4 Å². The van der Waals surface area contributed by atoms with Crippen LogP contribution in [0, 0.1) is 20.2 Å². The smallest absolute Gasteiger partial charge is 0.335 e. The molecule has 204 valence electrons. The first-order valence-corrected chi connectivity index (χ1v) is 11.6. The van der Waals surface area contributed by atoms with Gasteiger partial charge in [-0.3, -0.25) is 20.2 Å². The lowest BCUT2D eigenvalue weighted by Gasteiger charge is -2.00. The Balaban J connectivity index is 0.000000165. The van der Waals surface area contributed by atoms with E-state index in [1.165, 1.54) is 30.5 Å². The van der Waals surface area contributed by atoms with Gasteiger partial charge < -0.3 is 19.0 Å². The summed E-state index contributed by atoms with van der Waals surface area (Å²) in [5.74, 6) is -0.957. The maximum absolute atomic E-state index is 11.0. The number of carboxylic acid groups (broad SMARTS) is 1. The zero-order valence-corrected chi connectivity index (χ0v) is 20.6. The number of nitro benzene ring substituents is 2. The van der Waals surface area contributed by atoms with Crippen molar-refractivity contribution in [3.63, 3.8) is 0 Å². The monoisotopic (exact) mass is 556 g/mol. The van der Waals surface area contributed by atoms with E-state index in [0.29, 0.717) is 33.6 Å². The number of fused-ring (bicyclic) bond motifs is 2. The summed E-state index contributed by atoms with van der Waals surface area (Å²) in [6.45, 7) is -0.298. The number of nitro groups is 2. The van der Waals surface area contributed by atoms with E-state index in [2.05, 4.69) is 19.9 Å². The molecule has 2 aromatic carbocycles. The van der Waals surface area contributed by atoms with Crippen LogP contribution in [0.2, 0.25) is 0 Å². The third-order valence-corrected chi connectivity index (χ3v) is 5.57. The number of rotatable bonds is 6. The number of nitrogens with zero attached hydrogens (tertiary/aromatic N) is 6. The van der Waals surface area contributed by atoms with Crippen molar-refractivity contribution in [2.24, 2.45) is 0 Å². The van der Waals surface area contributed by atoms with Crippen LogP contribution in [0.5, 0.6) is 0 Å². The fourth-order valence-corrected chi connectivity index (χ4v) is 3.74. The van der Waals surface area contributed by atoms with Gasteiger partial charge in [0.15, 0.2) is 22.5 Å². The van der Waals surface area contributed by atoms with Crippen molar-refractivity contribution in [2.75, 3.05) is 0 Å². The molecule has 0 saturated heterocycles. The normalized spacial score (nSPS) is 10.8. The van der Waals surface area contributed by atoms with E-state index >= 15 is 0 Å². The number of aromatic nitrogens is 4. The minimum Gasteiger partial charge on any atom is -0.478 e. The molecule has 0 aliphatic rings. The zero-order chi connectivity index (χ0) is 29.1. The number of pyridine rings is 2. The molecule has 0 unspecified atom stereocenters. The van der Waals surface area contributed by atoms with Crippen LogP contribution in [0.25, 0.3) is 45.4 Å². The van der Waals surface area contributed by atoms with E-state index in [9.17, 15) is 25.0 Å². The van der Waals surface area contributed by atoms with E-state index in [0.717, 1.165) is 6.07 Å². The van der Waals surface area contributed by atoms with Gasteiger partial charge in [0.1, 0.15) is 0 Å². The van der Waals surface area contributed by atoms with Gasteiger partial charge in [-0.05, 0) is 42.0 Å². The maximum Gasteiger partial charge on any atom is 0.335 e. The van der Waals surface area contributed by atoms with E-state index in [4.69, 9.17) is 19.0 Å². The number of aliphatic hydroxyl groups is 1. The minimum atomic E-state index is -1.27. The van der Waals surface area contributed by atoms with Gasteiger partial charge in [-0.25, -0.2) is 14.8 Å². The number of hydrogen-bond acceptors (Lipinski definition) is 12. The molecule has 15 heteroatoms. The Morgan fingerprint density at radius 2 is 1.29 bits per heavy atom. The highest BCUT2D eigenvalue weighted by Gasteiger charge is 2.18. The van der Waals surface area contributed by atoms with Gasteiger partial charge in [-0.1, -0.05) is 0 Å². The summed E-state index contributed by atoms with van der Waals surface area (Å²) in [5.41, 5.74) is 2.06. The van der Waals surface area contributed by atoms with Crippen molar-refractivity contribution in [2.45, 2.75) is 6.61 Å². The molecular formula is C26H16N6O9. The van der Waals surface area contributed by atoms with Crippen LogP contribution in [-0.4, -0.2) is 46.0 Å². The summed E-state index contributed by atoms with van der Waals surface area (Å²) in [4.78, 5) is 47.9. The molecule has 0 aliphatic carbocycles. The number of carboxylic acids is 1. The second kappa shape index (κ2) is 11.0. The zero-order valence-electron chi connectivity index (χ0n) is 20.6. The molecule has 41 heavy (non-hydrogen) atoms. The van der Waals surface area contributed by atoms with E-state index in [-0.39, 0.29) is 40.9 Å². The highest BCUT2D eigenvalue weighted by atomic mass is 16.6. The molecule has 2 N–H and O–H groups in total. The van der Waals surface area contributed by atoms with Gasteiger partial charge >= 0.3 is 5.97 Å². The number of benzene rings is 2. The van der Waals surface area contributed by atoms with Gasteiger partial charge in [-0.2, -0.15) is 9.97 Å². The van der Waals surface area contributed by atoms with Crippen LogP contribution >= 0.6 is 0 Å². The molecule has 0 atom stereocenters. The number of hydrogen-bond donors (Lipinski definition) is 2. The van der Waals surface area contributed by atoms with Crippen molar-refractivity contribution in [1.82, 2.24) is 19.9 Å². The molecule has 0 bridgehead atoms. The maximum atomic E-state index is 11.0. The average Bonchev–Trinajstić information content (AvgIpc) is 3.62. The summed E-state index contributed by atoms with van der Waals surface area (Å²) in [5, 5.41) is 40.0. The Labute approximate surface area is 227 Å². The predicted octanol–water partition coefficient (Wildman–Crippen LogP) is 4.79. The second-order valence-electron chi connectivity index (χ2n) is 8.32. The number of non-ortho nitro benzene ring substituents is 2. The van der Waals surface area contributed by atoms with E-state index in [1.54, 1.807) is 36.5 Å². The Morgan fingerprint density at radius 3 is 1.76 bits per heavy atom. The van der Waals surface area contributed by atoms with Gasteiger partial charge in [0.05, 0.1) is 22.0 Å². The molecule has 15 nitrogen and oxygen atoms in total. The highest BCUT2D eigenvalue weighted by molar-refractivity contribution is 5.90. The average molecular weight is 556 g/mol. The lowest BCUT2D eigenvalue weighted by Crippen LogP contribution is -1.99. The van der Waals surface area contributed by atoms with Crippen molar-refractivity contribution in [3.8, 4) is 22.9 Å². The number of aromatic carboxylic acids is 1. The molecule has 0 amide bonds. The van der Waals surface area contributed by atoms with Crippen LogP contribution in [-0.2, 0) is 6.61 Å². The van der Waals surface area contributed by atoms with Gasteiger partial charge in [-0.15, -0.1) is 0 Å². The van der Waals surface area contributed by atoms with Crippen molar-refractivity contribution >= 4 is 39.8 Å². The molecule has 6 aromatic rings. The quantitative estimate of drug-likeness (QED) is 0.208. The summed E-state index contributed by atoms with van der Waals surface area (Å²) in [6, 6.07) is 14.4. The number of aliphatic hydroxyl groups excluding tert-OH is 1. The van der Waals surface area contributed by atoms with Crippen molar-refractivity contribution in [1.29, 1.82) is 0 Å². The van der Waals surface area contributed by atoms with Gasteiger partial charge in [0.25, 0.3) is 11.4 Å². The number of oxazole rings is 2. The molecule has 4 heterocycles. The Hall–Kier alpha value is -6.09. The third kappa shape index (κ3) is 5.69. The highest BCUT2D eigenvalue weighted by Crippen LogP contribution is 2.29. The summed E-state index contributed by atoms with van der Waals surface area (Å²) in [6.07, 6.45) is 3.12. The lowest BCUT2D eigenvalue weighted by atomic mass is 10.1. The molecule has 0 aliphatic heterocycles. The molecule has 0 saturated carbocycles. The standard InChI is InChI=1S/C13H7N3O5.C13H9N3O4/c17-13(18)8-4-7(5-9(6-8)16(19)20)12-15-11-10(21-12)2-1-3-14-11;17-7-8-4-9(6-10(5-8)16(18)19)13-15-12-11(20-13)2-1-3-14-12/h1-6H,(H,17,18);1-6,17H,7H2. The third-order valence-electron chi connectivity index (χ3n) is 5.57. The topological polar surface area (TPSA) is 222 Å². The Kier molecular flexibility index (Phi) is 7.08. The Morgan fingerprint density at radius 1 is 0.780 bits per heavy atom. The predicted molar refractivity (Wildman–Crippen MR) is 141 cm³/mol. The fraction of sp³-hybridized carbons (Fsp3) is 0.0385. The first-order valence-electron chi connectivity index (χ1n) is 11.6. The van der Waals surface area contributed by atoms with Crippen molar-refractivity contribution in [3.05, 3.63) is 104 Å². The molecular weight excluding hydrogens is 540 g/mol. The SMILES string of the molecule is O=C(O)c1cc(-c2nc3ncccc3o2)cc([N+](=O)[O-])c1.O=[N+]([O-])c1cc(CO)cc(-c2nc3ncccc3o2)c1. The van der Waals surface area contributed by atoms with Crippen LogP contribution in [0.3, 0.4) is 0 Å². The molecule has 0 fully saturated rings. The summed E-state index contributed by atoms with van der Waals surface area (Å²) >= 11 is 0. The van der Waals surface area contributed by atoms with Crippen LogP contribution in [0.15, 0.2) is 81.9 Å². The second-order valence-corrected chi connectivity index (χ2v) is 8.32. The minimum absolute atomic E-state index is 0.0786. The first-order chi connectivity index (χ1) is 19.7. The van der Waals surface area contributed by atoms with E-state index in [1.807, 2.05) is 0 Å². The fourth-order valence-electron chi connectivity index (χ4n) is 3.74. The Bertz CT molecular complexity index is 1850. The van der Waals surface area contributed by atoms with E-state index < -0.39 is 15.8 Å². The summed E-state index contributed by atoms with van der Waals surface area (Å²) < 4.78 is 10.9. The molecule has 6 rings (SSSR count). The van der Waals surface area contributed by atoms with Crippen LogP contribution < -0.4 is 0 Å². The number of carbonyl (C=O) groups is 1. The van der Waals surface area contributed by atoms with Crippen LogP contribution in [0.1, 0.15) is 15.9 Å². The van der Waals surface area contributed by atoms with Crippen molar-refractivity contribution < 1.29 is 33.7 Å². The van der Waals surface area contributed by atoms with Gasteiger partial charge in [0, 0.05) is 47.8 Å². The molecule has 0 spiro atoms. The first kappa shape index (κ1) is 26.5. The largest absolute Gasteiger partial charge is 0.478 e. The lowest BCUT2D eigenvalue weighted by molar-refractivity contribution is -0.385. The summed E-state index contributed by atoms with van der Waals surface area (Å²) in [7, 11) is 0. The van der Waals surface area contributed by atoms with Gasteiger partial charge in [0.2, 0.25) is 11.8 Å². The molecule has 0 radical (unpaired) electrons. The molecule has 4 aromatic heterocycles.